The van der Waals surface area contributed by atoms with E-state index in [-0.39, 0.29) is 12.3 Å². The van der Waals surface area contributed by atoms with E-state index in [4.69, 9.17) is 5.73 Å². The number of aromatic nitrogens is 1. The fourth-order valence-corrected chi connectivity index (χ4v) is 4.12. The van der Waals surface area contributed by atoms with Crippen LogP contribution in [0.5, 0.6) is 0 Å². The lowest BCUT2D eigenvalue weighted by Gasteiger charge is -2.22. The molecule has 0 saturated carbocycles. The van der Waals surface area contributed by atoms with Crippen LogP contribution in [0.3, 0.4) is 0 Å². The van der Waals surface area contributed by atoms with Crippen LogP contribution in [0, 0.1) is 0 Å². The molecule has 0 fully saturated rings. The third-order valence-corrected chi connectivity index (χ3v) is 5.90. The van der Waals surface area contributed by atoms with Gasteiger partial charge in [-0.15, -0.1) is 0 Å². The molecule has 172 valence electrons. The lowest BCUT2D eigenvalue weighted by atomic mass is 9.95. The van der Waals surface area contributed by atoms with Gasteiger partial charge < -0.3 is 15.6 Å². The van der Waals surface area contributed by atoms with Crippen molar-refractivity contribution < 1.29 is 13.6 Å². The summed E-state index contributed by atoms with van der Waals surface area (Å²) < 4.78 is 25.6. The number of carbonyl (C=O) groups excluding carboxylic acids is 1. The second-order valence-electron chi connectivity index (χ2n) is 7.70. The summed E-state index contributed by atoms with van der Waals surface area (Å²) in [6.07, 6.45) is 3.46. The Morgan fingerprint density at radius 3 is 2.29 bits per heavy atom. The normalized spacial score (nSPS) is 12.6. The van der Waals surface area contributed by atoms with Crippen LogP contribution in [0.15, 0.2) is 97.3 Å². The molecule has 2 unspecified atom stereocenters. The maximum absolute atomic E-state index is 12.7. The Morgan fingerprint density at radius 2 is 1.62 bits per heavy atom. The van der Waals surface area contributed by atoms with Crippen LogP contribution in [-0.4, -0.2) is 19.7 Å². The predicted octanol–water partition coefficient (Wildman–Crippen LogP) is 4.25. The van der Waals surface area contributed by atoms with E-state index in [2.05, 4.69) is 15.0 Å². The molecule has 0 aliphatic carbocycles. The number of benzene rings is 3. The summed E-state index contributed by atoms with van der Waals surface area (Å²) in [7, 11) is 0. The van der Waals surface area contributed by atoms with Crippen molar-refractivity contribution in [2.24, 2.45) is 0 Å². The molecule has 4 N–H and O–H groups in total. The summed E-state index contributed by atoms with van der Waals surface area (Å²) in [5, 5.41) is 2.81. The topological polar surface area (TPSA) is 120 Å². The van der Waals surface area contributed by atoms with Gasteiger partial charge in [-0.05, 0) is 59.0 Å². The Labute approximate surface area is 200 Å². The molecule has 34 heavy (non-hydrogen) atoms. The molecule has 0 saturated heterocycles. The Hall–Kier alpha value is -3.85. The van der Waals surface area contributed by atoms with E-state index in [1.54, 1.807) is 42.7 Å². The number of hydrogen-bond donors (Lipinski definition) is 3. The quantitative estimate of drug-likeness (QED) is 0.262. The molecule has 4 aromatic rings. The number of rotatable bonds is 8. The first kappa shape index (κ1) is 23.3. The van der Waals surface area contributed by atoms with Crippen molar-refractivity contribution in [3.63, 3.8) is 0 Å². The number of carbonyl (C=O) groups is 1. The molecule has 1 heterocycles. The highest BCUT2D eigenvalue weighted by Gasteiger charge is 2.16. The molecule has 0 spiro atoms. The molecule has 0 aliphatic rings. The predicted molar refractivity (Wildman–Crippen MR) is 133 cm³/mol. The number of nitrogens with one attached hydrogen (secondary N) is 2. The third kappa shape index (κ3) is 5.93. The summed E-state index contributed by atoms with van der Waals surface area (Å²) in [5.74, 6) is -0.295. The molecular weight excluding hydrogens is 448 g/mol. The molecule has 8 heteroatoms. The molecule has 0 aliphatic heterocycles. The van der Waals surface area contributed by atoms with Crippen molar-refractivity contribution >= 4 is 28.5 Å². The van der Waals surface area contributed by atoms with Gasteiger partial charge in [0.1, 0.15) is 0 Å². The zero-order chi connectivity index (χ0) is 23.9. The number of anilines is 2. The SMILES string of the molecule is Nc1ccc(C(=O)Nc2ccncc2)cc1CC(NS(=O)[O-])c1ccc(-c2ccccc2)cc1. The molecular formula is C26H23N4O3S-. The molecule has 1 aromatic heterocycles. The minimum atomic E-state index is -2.48. The summed E-state index contributed by atoms with van der Waals surface area (Å²) in [6, 6.07) is 25.4. The first-order valence-electron chi connectivity index (χ1n) is 10.6. The van der Waals surface area contributed by atoms with Crippen molar-refractivity contribution in [1.29, 1.82) is 0 Å². The fourth-order valence-electron chi connectivity index (χ4n) is 3.66. The Balaban J connectivity index is 1.57. The van der Waals surface area contributed by atoms with Gasteiger partial charge in [0.15, 0.2) is 0 Å². The summed E-state index contributed by atoms with van der Waals surface area (Å²) in [5.41, 5.74) is 11.2. The first-order chi connectivity index (χ1) is 16.5. The largest absolute Gasteiger partial charge is 0.760 e. The number of amides is 1. The average Bonchev–Trinajstić information content (AvgIpc) is 2.86. The lowest BCUT2D eigenvalue weighted by molar-refractivity contribution is 0.102. The number of nitrogens with zero attached hydrogens (tertiary/aromatic N) is 1. The maximum atomic E-state index is 12.7. The second kappa shape index (κ2) is 10.8. The first-order valence-corrected chi connectivity index (χ1v) is 11.7. The zero-order valence-corrected chi connectivity index (χ0v) is 19.0. The number of hydrogen-bond acceptors (Lipinski definition) is 5. The van der Waals surface area contributed by atoms with Crippen LogP contribution in [0.2, 0.25) is 0 Å². The van der Waals surface area contributed by atoms with Gasteiger partial charge in [-0.2, -0.15) is 0 Å². The van der Waals surface area contributed by atoms with Crippen LogP contribution in [0.4, 0.5) is 11.4 Å². The van der Waals surface area contributed by atoms with Crippen LogP contribution < -0.4 is 15.8 Å². The van der Waals surface area contributed by atoms with E-state index in [0.717, 1.165) is 16.7 Å². The molecule has 1 amide bonds. The van der Waals surface area contributed by atoms with Gasteiger partial charge in [0.05, 0.1) is 0 Å². The van der Waals surface area contributed by atoms with Crippen LogP contribution >= 0.6 is 0 Å². The monoisotopic (exact) mass is 471 g/mol. The Bertz CT molecular complexity index is 1280. The molecule has 0 radical (unpaired) electrons. The van der Waals surface area contributed by atoms with E-state index in [1.807, 2.05) is 54.6 Å². The molecule has 2 atom stereocenters. The third-order valence-electron chi connectivity index (χ3n) is 5.43. The van der Waals surface area contributed by atoms with E-state index >= 15 is 0 Å². The van der Waals surface area contributed by atoms with Gasteiger partial charge in [-0.25, -0.2) is 4.72 Å². The summed E-state index contributed by atoms with van der Waals surface area (Å²) >= 11 is -2.48. The Morgan fingerprint density at radius 1 is 0.941 bits per heavy atom. The molecule has 0 bridgehead atoms. The van der Waals surface area contributed by atoms with E-state index in [1.165, 1.54) is 0 Å². The number of pyridine rings is 1. The summed E-state index contributed by atoms with van der Waals surface area (Å²) in [6.45, 7) is 0. The highest BCUT2D eigenvalue weighted by Crippen LogP contribution is 2.26. The van der Waals surface area contributed by atoms with Crippen molar-refractivity contribution in [3.05, 3.63) is 114 Å². The fraction of sp³-hybridized carbons (Fsp3) is 0.0769. The minimum Gasteiger partial charge on any atom is -0.760 e. The molecule has 3 aromatic carbocycles. The minimum absolute atomic E-state index is 0.279. The Kier molecular flexibility index (Phi) is 7.44. The van der Waals surface area contributed by atoms with Crippen LogP contribution in [0.25, 0.3) is 11.1 Å². The maximum Gasteiger partial charge on any atom is 0.255 e. The van der Waals surface area contributed by atoms with Crippen LogP contribution in [-0.2, 0) is 17.7 Å². The smallest absolute Gasteiger partial charge is 0.255 e. The van der Waals surface area contributed by atoms with E-state index < -0.39 is 17.3 Å². The number of nitrogen functional groups attached to an aromatic ring is 1. The number of nitrogens with two attached hydrogens (primary N) is 1. The summed E-state index contributed by atoms with van der Waals surface area (Å²) in [4.78, 5) is 16.6. The lowest BCUT2D eigenvalue weighted by Crippen LogP contribution is -2.25. The highest BCUT2D eigenvalue weighted by molar-refractivity contribution is 7.77. The molecule has 7 nitrogen and oxygen atoms in total. The van der Waals surface area contributed by atoms with E-state index in [0.29, 0.717) is 22.5 Å². The van der Waals surface area contributed by atoms with Gasteiger partial charge in [-0.3, -0.25) is 14.0 Å². The van der Waals surface area contributed by atoms with Crippen molar-refractivity contribution in [1.82, 2.24) is 9.71 Å². The van der Waals surface area contributed by atoms with E-state index in [9.17, 15) is 13.6 Å². The van der Waals surface area contributed by atoms with Crippen molar-refractivity contribution in [2.45, 2.75) is 12.5 Å². The molecule has 4 rings (SSSR count). The zero-order valence-electron chi connectivity index (χ0n) is 18.2. The highest BCUT2D eigenvalue weighted by atomic mass is 32.2. The second-order valence-corrected chi connectivity index (χ2v) is 8.41. The average molecular weight is 472 g/mol. The standard InChI is InChI=1S/C26H24N4O3S/c27-24-11-10-21(26(31)29-23-12-14-28-15-13-23)16-22(24)17-25(30-34(32)33)20-8-6-19(7-9-20)18-4-2-1-3-5-18/h1-16,25,30H,17,27H2,(H,32,33)(H,28,29,31)/p-1. The van der Waals surface area contributed by atoms with Crippen LogP contribution in [0.1, 0.15) is 27.5 Å². The van der Waals surface area contributed by atoms with Gasteiger partial charge in [-0.1, -0.05) is 54.6 Å². The van der Waals surface area contributed by atoms with Gasteiger partial charge >= 0.3 is 0 Å². The van der Waals surface area contributed by atoms with Crippen molar-refractivity contribution in [3.8, 4) is 11.1 Å². The van der Waals surface area contributed by atoms with Gasteiger partial charge in [0.2, 0.25) is 0 Å². The van der Waals surface area contributed by atoms with Gasteiger partial charge in [0, 0.05) is 46.6 Å². The van der Waals surface area contributed by atoms with Crippen molar-refractivity contribution in [2.75, 3.05) is 11.1 Å². The van der Waals surface area contributed by atoms with Gasteiger partial charge in [0.25, 0.3) is 5.91 Å².